The minimum atomic E-state index is -0.370. The highest BCUT2D eigenvalue weighted by molar-refractivity contribution is 7.99. The number of benzene rings is 1. The van der Waals surface area contributed by atoms with Gasteiger partial charge < -0.3 is 19.9 Å². The van der Waals surface area contributed by atoms with Crippen molar-refractivity contribution in [3.63, 3.8) is 0 Å². The number of thiophene rings is 1. The molecule has 2 heterocycles. The number of anilines is 1. The van der Waals surface area contributed by atoms with Gasteiger partial charge in [-0.05, 0) is 56.6 Å². The van der Waals surface area contributed by atoms with E-state index in [2.05, 4.69) is 25.4 Å². The summed E-state index contributed by atoms with van der Waals surface area (Å²) in [6.07, 6.45) is 9.70. The van der Waals surface area contributed by atoms with Crippen LogP contribution in [-0.2, 0) is 40.1 Å². The van der Waals surface area contributed by atoms with Crippen molar-refractivity contribution in [3.8, 4) is 0 Å². The van der Waals surface area contributed by atoms with Gasteiger partial charge in [-0.2, -0.15) is 0 Å². The van der Waals surface area contributed by atoms with Gasteiger partial charge in [0.25, 0.3) is 0 Å². The SMILES string of the molecule is CCOC(=O)c1c(NC(=O)CSc2nnc(CNC(=O)Cc3ccccc3)n2C2CCCCC2)sc2c1CCCC2. The monoisotopic (exact) mass is 595 g/mol. The zero-order valence-electron chi connectivity index (χ0n) is 23.4. The number of hydrogen-bond donors (Lipinski definition) is 2. The van der Waals surface area contributed by atoms with E-state index < -0.39 is 0 Å². The van der Waals surface area contributed by atoms with Crippen LogP contribution in [0.3, 0.4) is 0 Å². The molecule has 0 spiro atoms. The van der Waals surface area contributed by atoms with Crippen LogP contribution in [0.4, 0.5) is 5.00 Å². The Morgan fingerprint density at radius 1 is 1.02 bits per heavy atom. The summed E-state index contributed by atoms with van der Waals surface area (Å²) in [5, 5.41) is 16.1. The fourth-order valence-corrected chi connectivity index (χ4v) is 7.74. The summed E-state index contributed by atoms with van der Waals surface area (Å²) in [5.74, 6) is 0.201. The summed E-state index contributed by atoms with van der Waals surface area (Å²) in [4.78, 5) is 39.7. The molecule has 5 rings (SSSR count). The van der Waals surface area contributed by atoms with E-state index in [9.17, 15) is 14.4 Å². The Hall–Kier alpha value is -3.18. The molecule has 11 heteroatoms. The number of amides is 2. The maximum absolute atomic E-state index is 13.1. The third kappa shape index (κ3) is 7.37. The van der Waals surface area contributed by atoms with Crippen molar-refractivity contribution >= 4 is 45.9 Å². The smallest absolute Gasteiger partial charge is 0.341 e. The zero-order valence-corrected chi connectivity index (χ0v) is 25.1. The van der Waals surface area contributed by atoms with Crippen molar-refractivity contribution in [2.24, 2.45) is 0 Å². The van der Waals surface area contributed by atoms with E-state index in [1.807, 2.05) is 30.3 Å². The summed E-state index contributed by atoms with van der Waals surface area (Å²) in [6.45, 7) is 2.36. The van der Waals surface area contributed by atoms with Gasteiger partial charge in [0, 0.05) is 10.9 Å². The number of carbonyl (C=O) groups excluding carboxylic acids is 3. The molecule has 0 saturated heterocycles. The number of hydrogen-bond acceptors (Lipinski definition) is 8. The number of ether oxygens (including phenoxy) is 1. The molecule has 3 aromatic rings. The lowest BCUT2D eigenvalue weighted by atomic mass is 9.95. The molecular formula is C30H37N5O4S2. The molecule has 1 saturated carbocycles. The van der Waals surface area contributed by atoms with Crippen LogP contribution in [0.15, 0.2) is 35.5 Å². The molecule has 2 amide bonds. The lowest BCUT2D eigenvalue weighted by Crippen LogP contribution is -2.27. The Morgan fingerprint density at radius 3 is 2.59 bits per heavy atom. The van der Waals surface area contributed by atoms with Crippen LogP contribution in [0.1, 0.15) is 90.1 Å². The molecule has 0 unspecified atom stereocenters. The number of nitrogens with zero attached hydrogens (tertiary/aromatic N) is 3. The molecule has 0 atom stereocenters. The Balaban J connectivity index is 1.26. The molecule has 2 aliphatic carbocycles. The number of carbonyl (C=O) groups is 3. The molecule has 41 heavy (non-hydrogen) atoms. The van der Waals surface area contributed by atoms with Gasteiger partial charge in [0.05, 0.1) is 30.9 Å². The van der Waals surface area contributed by atoms with E-state index in [-0.39, 0.29) is 36.1 Å². The van der Waals surface area contributed by atoms with Crippen LogP contribution in [0, 0.1) is 0 Å². The van der Waals surface area contributed by atoms with E-state index >= 15 is 0 Å². The molecule has 0 bridgehead atoms. The van der Waals surface area contributed by atoms with Crippen LogP contribution in [0.25, 0.3) is 0 Å². The maximum Gasteiger partial charge on any atom is 0.341 e. The highest BCUT2D eigenvalue weighted by atomic mass is 32.2. The first-order valence-corrected chi connectivity index (χ1v) is 16.3. The third-order valence-corrected chi connectivity index (χ3v) is 9.71. The highest BCUT2D eigenvalue weighted by Crippen LogP contribution is 2.39. The van der Waals surface area contributed by atoms with E-state index in [1.54, 1.807) is 6.92 Å². The van der Waals surface area contributed by atoms with Crippen LogP contribution in [0.5, 0.6) is 0 Å². The van der Waals surface area contributed by atoms with Gasteiger partial charge in [-0.15, -0.1) is 21.5 Å². The largest absolute Gasteiger partial charge is 0.462 e. The van der Waals surface area contributed by atoms with E-state index in [4.69, 9.17) is 4.74 Å². The molecule has 1 aromatic carbocycles. The second kappa shape index (κ2) is 14.1. The molecule has 0 aliphatic heterocycles. The predicted octanol–water partition coefficient (Wildman–Crippen LogP) is 5.49. The van der Waals surface area contributed by atoms with Crippen molar-refractivity contribution in [2.75, 3.05) is 17.7 Å². The van der Waals surface area contributed by atoms with Gasteiger partial charge in [0.1, 0.15) is 5.00 Å². The quantitative estimate of drug-likeness (QED) is 0.223. The van der Waals surface area contributed by atoms with Gasteiger partial charge in [-0.25, -0.2) is 4.79 Å². The Kier molecular flexibility index (Phi) is 10.1. The van der Waals surface area contributed by atoms with Gasteiger partial charge in [-0.1, -0.05) is 61.4 Å². The first-order chi connectivity index (χ1) is 20.0. The number of esters is 1. The molecule has 218 valence electrons. The third-order valence-electron chi connectivity index (χ3n) is 7.56. The fourth-order valence-electron chi connectivity index (χ4n) is 5.62. The normalized spacial score (nSPS) is 15.2. The number of fused-ring (bicyclic) bond motifs is 1. The van der Waals surface area contributed by atoms with Crippen molar-refractivity contribution in [3.05, 3.63) is 57.7 Å². The number of aromatic nitrogens is 3. The zero-order chi connectivity index (χ0) is 28.6. The van der Waals surface area contributed by atoms with Gasteiger partial charge in [-0.3, -0.25) is 9.59 Å². The van der Waals surface area contributed by atoms with Gasteiger partial charge >= 0.3 is 5.97 Å². The average Bonchev–Trinajstić information content (AvgIpc) is 3.57. The first-order valence-electron chi connectivity index (χ1n) is 14.5. The van der Waals surface area contributed by atoms with Crippen molar-refractivity contribution in [1.82, 2.24) is 20.1 Å². The Morgan fingerprint density at radius 2 is 1.80 bits per heavy atom. The van der Waals surface area contributed by atoms with Crippen molar-refractivity contribution in [1.29, 1.82) is 0 Å². The molecule has 1 fully saturated rings. The van der Waals surface area contributed by atoms with Crippen LogP contribution < -0.4 is 10.6 Å². The summed E-state index contributed by atoms with van der Waals surface area (Å²) in [7, 11) is 0. The van der Waals surface area contributed by atoms with Gasteiger partial charge in [0.2, 0.25) is 11.8 Å². The standard InChI is InChI=1S/C30H37N5O4S2/c1-2-39-29(38)27-22-15-9-10-16-23(22)41-28(27)32-26(37)19-40-30-34-33-24(35(30)21-13-7-4-8-14-21)18-31-25(36)17-20-11-5-3-6-12-20/h3,5-6,11-12,21H,2,4,7-10,13-19H2,1H3,(H,31,36)(H,32,37). The van der Waals surface area contributed by atoms with E-state index in [1.165, 1.54) is 34.4 Å². The van der Waals surface area contributed by atoms with E-state index in [0.717, 1.165) is 62.5 Å². The number of nitrogens with one attached hydrogen (secondary N) is 2. The second-order valence-corrected chi connectivity index (χ2v) is 12.5. The summed E-state index contributed by atoms with van der Waals surface area (Å²) in [6, 6.07) is 9.89. The lowest BCUT2D eigenvalue weighted by molar-refractivity contribution is -0.120. The van der Waals surface area contributed by atoms with Crippen LogP contribution >= 0.6 is 23.1 Å². The fraction of sp³-hybridized carbons (Fsp3) is 0.500. The molecule has 2 aliphatic rings. The van der Waals surface area contributed by atoms with Crippen molar-refractivity contribution < 1.29 is 19.1 Å². The van der Waals surface area contributed by atoms with Crippen LogP contribution in [-0.4, -0.2) is 44.9 Å². The summed E-state index contributed by atoms with van der Waals surface area (Å²) < 4.78 is 7.44. The molecule has 9 nitrogen and oxygen atoms in total. The second-order valence-electron chi connectivity index (χ2n) is 10.5. The molecule has 2 aromatic heterocycles. The summed E-state index contributed by atoms with van der Waals surface area (Å²) in [5.41, 5.74) is 2.50. The Labute approximate surface area is 248 Å². The average molecular weight is 596 g/mol. The predicted molar refractivity (Wildman–Crippen MR) is 160 cm³/mol. The highest BCUT2D eigenvalue weighted by Gasteiger charge is 2.28. The topological polar surface area (TPSA) is 115 Å². The lowest BCUT2D eigenvalue weighted by Gasteiger charge is -2.25. The molecule has 2 N–H and O–H groups in total. The first kappa shape index (κ1) is 29.3. The van der Waals surface area contributed by atoms with E-state index in [0.29, 0.717) is 34.6 Å². The maximum atomic E-state index is 13.1. The Bertz CT molecular complexity index is 1360. The summed E-state index contributed by atoms with van der Waals surface area (Å²) >= 11 is 2.83. The number of thioether (sulfide) groups is 1. The van der Waals surface area contributed by atoms with Gasteiger partial charge in [0.15, 0.2) is 11.0 Å². The minimum Gasteiger partial charge on any atom is -0.462 e. The van der Waals surface area contributed by atoms with Crippen molar-refractivity contribution in [2.45, 2.75) is 88.9 Å². The molecular weight excluding hydrogens is 558 g/mol. The minimum absolute atomic E-state index is 0.0703. The van der Waals surface area contributed by atoms with Crippen LogP contribution in [0.2, 0.25) is 0 Å². The number of aryl methyl sites for hydroxylation is 1. The molecule has 0 radical (unpaired) electrons. The number of rotatable bonds is 11.